The van der Waals surface area contributed by atoms with Crippen molar-refractivity contribution in [1.82, 2.24) is 5.32 Å². The Morgan fingerprint density at radius 1 is 0.893 bits per heavy atom. The normalized spacial score (nSPS) is 14.1. The minimum atomic E-state index is -4.94. The van der Waals surface area contributed by atoms with Gasteiger partial charge in [-0.25, -0.2) is 23.8 Å². The van der Waals surface area contributed by atoms with E-state index in [0.29, 0.717) is 6.42 Å². The highest BCUT2D eigenvalue weighted by atomic mass is 35.7. The number of amides is 1. The molecule has 1 unspecified atom stereocenters. The van der Waals surface area contributed by atoms with Crippen molar-refractivity contribution in [1.29, 1.82) is 0 Å². The fourth-order valence-corrected chi connectivity index (χ4v) is 2.92. The van der Waals surface area contributed by atoms with Crippen LogP contribution >= 0.6 is 0 Å². The van der Waals surface area contributed by atoms with Crippen molar-refractivity contribution in [3.8, 4) is 0 Å². The summed E-state index contributed by atoms with van der Waals surface area (Å²) in [5, 5.41) is 13.3. The van der Waals surface area contributed by atoms with Crippen molar-refractivity contribution in [3.05, 3.63) is 0 Å². The summed E-state index contributed by atoms with van der Waals surface area (Å²) in [4.78, 5) is 12.2. The van der Waals surface area contributed by atoms with Crippen LogP contribution in [0.25, 0.3) is 0 Å². The van der Waals surface area contributed by atoms with Gasteiger partial charge in [0.2, 0.25) is 11.6 Å². The van der Waals surface area contributed by atoms with Crippen LogP contribution < -0.4 is 24.0 Å². The van der Waals surface area contributed by atoms with E-state index < -0.39 is 15.9 Å². The summed E-state index contributed by atoms with van der Waals surface area (Å²) < 4.78 is 33.7. The SMILES string of the molecule is CCCCCCCCCCCC(=O)NC(C)(CCC)[N+](C)(C)O.[O-][Cl+3]([O-])([O-])[O-]. The van der Waals surface area contributed by atoms with Gasteiger partial charge in [0.1, 0.15) is 14.1 Å². The van der Waals surface area contributed by atoms with Gasteiger partial charge in [-0.1, -0.05) is 65.2 Å². The quantitative estimate of drug-likeness (QED) is 0.176. The standard InChI is InChI=1S/C19H40N2O2.ClHO4/c1-6-8-9-10-11-12-13-14-15-16-18(22)20-19(3,17-7-2)21(4,5)23;2-1(3,4)5/h23H,6-17H2,1-5H3;(H,2,3,4,5). The van der Waals surface area contributed by atoms with Gasteiger partial charge in [-0.2, -0.15) is 4.65 Å². The lowest BCUT2D eigenvalue weighted by atomic mass is 10.0. The summed E-state index contributed by atoms with van der Waals surface area (Å²) >= 11 is 0. The first-order chi connectivity index (χ1) is 12.8. The van der Waals surface area contributed by atoms with Crippen molar-refractivity contribution in [2.75, 3.05) is 14.1 Å². The summed E-state index contributed by atoms with van der Waals surface area (Å²) in [5.41, 5.74) is -0.606. The summed E-state index contributed by atoms with van der Waals surface area (Å²) in [6, 6.07) is 0. The zero-order valence-electron chi connectivity index (χ0n) is 18.3. The van der Waals surface area contributed by atoms with Crippen molar-refractivity contribution < 1.29 is 43.5 Å². The van der Waals surface area contributed by atoms with Gasteiger partial charge in [0.15, 0.2) is 0 Å². The molecule has 9 heteroatoms. The highest BCUT2D eigenvalue weighted by Gasteiger charge is 2.41. The van der Waals surface area contributed by atoms with E-state index in [2.05, 4.69) is 19.2 Å². The van der Waals surface area contributed by atoms with E-state index in [1.165, 1.54) is 44.9 Å². The largest absolute Gasteiger partial charge is 0.302 e. The molecule has 170 valence electrons. The van der Waals surface area contributed by atoms with Crippen molar-refractivity contribution in [2.24, 2.45) is 0 Å². The van der Waals surface area contributed by atoms with Crippen molar-refractivity contribution >= 4 is 5.91 Å². The predicted octanol–water partition coefficient (Wildman–Crippen LogP) is 0.249. The number of nitrogens with zero attached hydrogens (tertiary/aromatic N) is 1. The maximum Gasteiger partial charge on any atom is 0.224 e. The molecular weight excluding hydrogens is 388 g/mol. The molecule has 0 aromatic carbocycles. The Labute approximate surface area is 172 Å². The number of hydrogen-bond donors (Lipinski definition) is 2. The molecule has 0 bridgehead atoms. The zero-order valence-corrected chi connectivity index (χ0v) is 19.1. The monoisotopic (exact) mass is 428 g/mol. The van der Waals surface area contributed by atoms with Crippen LogP contribution in [0.1, 0.15) is 97.8 Å². The first-order valence-corrected chi connectivity index (χ1v) is 11.5. The molecule has 0 fully saturated rings. The average molecular weight is 429 g/mol. The third kappa shape index (κ3) is 18.9. The third-order valence-corrected chi connectivity index (χ3v) is 4.86. The number of unbranched alkanes of at least 4 members (excludes halogenated alkanes) is 8. The minimum Gasteiger partial charge on any atom is -0.302 e. The number of halogens is 1. The lowest BCUT2D eigenvalue weighted by molar-refractivity contribution is -2.00. The smallest absolute Gasteiger partial charge is 0.224 e. The van der Waals surface area contributed by atoms with E-state index in [1.54, 1.807) is 14.1 Å². The number of hydroxylamine groups is 3. The van der Waals surface area contributed by atoms with Crippen LogP contribution in [0.5, 0.6) is 0 Å². The molecule has 1 atom stereocenters. The van der Waals surface area contributed by atoms with Crippen LogP contribution in [0.4, 0.5) is 0 Å². The van der Waals surface area contributed by atoms with Gasteiger partial charge in [0.05, 0.1) is 0 Å². The molecule has 28 heavy (non-hydrogen) atoms. The van der Waals surface area contributed by atoms with Crippen molar-refractivity contribution in [2.45, 2.75) is 103 Å². The topological polar surface area (TPSA) is 142 Å². The molecule has 0 aromatic rings. The van der Waals surface area contributed by atoms with Gasteiger partial charge in [-0.15, -0.1) is 10.2 Å². The van der Waals surface area contributed by atoms with E-state index in [4.69, 9.17) is 18.6 Å². The number of quaternary nitrogens is 1. The van der Waals surface area contributed by atoms with Crippen LogP contribution in [-0.4, -0.2) is 35.5 Å². The lowest BCUT2D eigenvalue weighted by Crippen LogP contribution is -2.68. The lowest BCUT2D eigenvalue weighted by Gasteiger charge is -2.40. The van der Waals surface area contributed by atoms with Crippen LogP contribution in [0.2, 0.25) is 0 Å². The molecule has 0 rings (SSSR count). The Morgan fingerprint density at radius 2 is 1.29 bits per heavy atom. The third-order valence-electron chi connectivity index (χ3n) is 4.86. The van der Waals surface area contributed by atoms with E-state index in [0.717, 1.165) is 25.7 Å². The molecule has 0 aliphatic carbocycles. The molecule has 2 N–H and O–H groups in total. The molecule has 0 aliphatic rings. The Kier molecular flexibility index (Phi) is 16.3. The molecule has 0 radical (unpaired) electrons. The highest BCUT2D eigenvalue weighted by molar-refractivity contribution is 5.76. The Morgan fingerprint density at radius 3 is 1.64 bits per heavy atom. The number of hydrogen-bond acceptors (Lipinski definition) is 6. The number of nitrogens with one attached hydrogen (secondary N) is 1. The molecule has 1 amide bonds. The average Bonchev–Trinajstić information content (AvgIpc) is 2.50. The first kappa shape index (κ1) is 29.7. The summed E-state index contributed by atoms with van der Waals surface area (Å²) in [6.45, 7) is 6.23. The van der Waals surface area contributed by atoms with E-state index in [-0.39, 0.29) is 10.6 Å². The van der Waals surface area contributed by atoms with Gasteiger partial charge < -0.3 is 5.32 Å². The predicted molar refractivity (Wildman–Crippen MR) is 97.2 cm³/mol. The molecule has 0 saturated heterocycles. The Balaban J connectivity index is 0. The maximum atomic E-state index is 12.2. The Hall–Kier alpha value is -0.480. The van der Waals surface area contributed by atoms with Crippen LogP contribution in [0.3, 0.4) is 0 Å². The molecule has 0 heterocycles. The van der Waals surface area contributed by atoms with E-state index in [9.17, 15) is 10.0 Å². The summed E-state index contributed by atoms with van der Waals surface area (Å²) in [5.74, 6) is 0.0594. The van der Waals surface area contributed by atoms with Crippen molar-refractivity contribution in [3.63, 3.8) is 0 Å². The number of carbonyl (C=O) groups excluding carboxylic acids is 1. The highest BCUT2D eigenvalue weighted by Crippen LogP contribution is 2.21. The molecular formula is C19H41ClN2O6. The molecule has 8 nitrogen and oxygen atoms in total. The second-order valence-electron chi connectivity index (χ2n) is 7.92. The van der Waals surface area contributed by atoms with Gasteiger partial charge >= 0.3 is 0 Å². The molecule has 0 spiro atoms. The number of rotatable bonds is 14. The summed E-state index contributed by atoms with van der Waals surface area (Å²) in [7, 11) is -1.51. The summed E-state index contributed by atoms with van der Waals surface area (Å²) in [6.07, 6.45) is 13.6. The second-order valence-corrected chi connectivity index (χ2v) is 8.68. The van der Waals surface area contributed by atoms with Gasteiger partial charge in [0, 0.05) is 19.8 Å². The molecule has 0 aliphatic heterocycles. The minimum absolute atomic E-state index is 0.0594. The zero-order chi connectivity index (χ0) is 22.3. The second kappa shape index (κ2) is 15.4. The number of carbonyl (C=O) groups is 1. The van der Waals surface area contributed by atoms with Crippen LogP contribution in [-0.2, 0) is 4.79 Å². The van der Waals surface area contributed by atoms with E-state index >= 15 is 0 Å². The fraction of sp³-hybridized carbons (Fsp3) is 0.947. The molecule has 0 saturated carbocycles. The van der Waals surface area contributed by atoms with Gasteiger partial charge in [-0.3, -0.25) is 4.79 Å². The molecule has 0 aromatic heterocycles. The maximum absolute atomic E-state index is 12.2. The van der Waals surface area contributed by atoms with Gasteiger partial charge in [-0.05, 0) is 12.8 Å². The van der Waals surface area contributed by atoms with Gasteiger partial charge in [0.25, 0.3) is 0 Å². The van der Waals surface area contributed by atoms with Crippen LogP contribution in [0.15, 0.2) is 0 Å². The van der Waals surface area contributed by atoms with Crippen LogP contribution in [0, 0.1) is 10.2 Å². The van der Waals surface area contributed by atoms with E-state index in [1.807, 2.05) is 6.92 Å². The first-order valence-electron chi connectivity index (χ1n) is 10.3. The Bertz CT molecular complexity index is 393. The fourth-order valence-electron chi connectivity index (χ4n) is 2.92.